The highest BCUT2D eigenvalue weighted by molar-refractivity contribution is 7.89. The summed E-state index contributed by atoms with van der Waals surface area (Å²) < 4.78 is 32.7. The Morgan fingerprint density at radius 2 is 1.82 bits per heavy atom. The number of carbonyl (C=O) groups is 2. The van der Waals surface area contributed by atoms with E-state index in [1.54, 1.807) is 14.1 Å². The molecule has 2 aliphatic rings. The van der Waals surface area contributed by atoms with Crippen molar-refractivity contribution < 1.29 is 22.7 Å². The Kier molecular flexibility index (Phi) is 7.71. The molecule has 0 bridgehead atoms. The van der Waals surface area contributed by atoms with Gasteiger partial charge in [-0.05, 0) is 68.4 Å². The maximum atomic E-state index is 13.0. The first-order valence-corrected chi connectivity index (χ1v) is 13.9. The molecule has 1 aliphatic heterocycles. The van der Waals surface area contributed by atoms with Crippen LogP contribution in [0, 0.1) is 0 Å². The molecule has 34 heavy (non-hydrogen) atoms. The van der Waals surface area contributed by atoms with Gasteiger partial charge in [-0.2, -0.15) is 4.31 Å². The molecule has 1 unspecified atom stereocenters. The van der Waals surface area contributed by atoms with Crippen LogP contribution in [0.4, 0.5) is 5.00 Å². The summed E-state index contributed by atoms with van der Waals surface area (Å²) >= 11 is 1.46. The number of fused-ring (bicyclic) bond motifs is 1. The van der Waals surface area contributed by atoms with Crippen LogP contribution in [0.25, 0.3) is 0 Å². The Hall–Kier alpha value is -2.27. The van der Waals surface area contributed by atoms with Crippen molar-refractivity contribution in [1.29, 1.82) is 0 Å². The second kappa shape index (κ2) is 10.6. The molecule has 0 saturated carbocycles. The minimum absolute atomic E-state index is 0.0831. The zero-order chi connectivity index (χ0) is 24.3. The summed E-state index contributed by atoms with van der Waals surface area (Å²) in [6.45, 7) is 0.965. The Labute approximate surface area is 204 Å². The highest BCUT2D eigenvalue weighted by Gasteiger charge is 2.27. The molecule has 2 aromatic rings. The van der Waals surface area contributed by atoms with E-state index < -0.39 is 10.0 Å². The zero-order valence-corrected chi connectivity index (χ0v) is 21.2. The monoisotopic (exact) mass is 505 g/mol. The van der Waals surface area contributed by atoms with Crippen LogP contribution in [-0.4, -0.2) is 57.9 Å². The maximum absolute atomic E-state index is 13.0. The summed E-state index contributed by atoms with van der Waals surface area (Å²) in [5.41, 5.74) is 1.91. The molecule has 1 saturated heterocycles. The Morgan fingerprint density at radius 3 is 2.50 bits per heavy atom. The van der Waals surface area contributed by atoms with Crippen molar-refractivity contribution in [3.05, 3.63) is 45.8 Å². The number of thiophene rings is 1. The summed E-state index contributed by atoms with van der Waals surface area (Å²) in [5.74, 6) is -0.580. The molecular formula is C24H31N3O5S2. The molecule has 8 nitrogen and oxygen atoms in total. The fourth-order valence-electron chi connectivity index (χ4n) is 4.50. The third-order valence-corrected chi connectivity index (χ3v) is 9.46. The molecule has 0 radical (unpaired) electrons. The summed E-state index contributed by atoms with van der Waals surface area (Å²) in [6.07, 6.45) is 6.68. The number of nitrogens with one attached hydrogen (secondary N) is 2. The number of amides is 2. The van der Waals surface area contributed by atoms with E-state index in [2.05, 4.69) is 10.6 Å². The smallest absolute Gasteiger partial charge is 0.256 e. The minimum Gasteiger partial charge on any atom is -0.377 e. The van der Waals surface area contributed by atoms with Gasteiger partial charge in [-0.15, -0.1) is 11.3 Å². The molecule has 0 spiro atoms. The van der Waals surface area contributed by atoms with E-state index in [-0.39, 0.29) is 22.8 Å². The van der Waals surface area contributed by atoms with Crippen molar-refractivity contribution in [3.8, 4) is 0 Å². The van der Waals surface area contributed by atoms with Crippen LogP contribution in [0.15, 0.2) is 29.2 Å². The molecule has 10 heteroatoms. The van der Waals surface area contributed by atoms with E-state index in [1.165, 1.54) is 39.9 Å². The molecule has 1 aromatic carbocycles. The summed E-state index contributed by atoms with van der Waals surface area (Å²) in [5, 5.41) is 6.12. The van der Waals surface area contributed by atoms with Gasteiger partial charge in [-0.1, -0.05) is 6.42 Å². The van der Waals surface area contributed by atoms with Gasteiger partial charge in [-0.25, -0.2) is 8.42 Å². The van der Waals surface area contributed by atoms with Crippen LogP contribution in [-0.2, 0) is 27.6 Å². The summed E-state index contributed by atoms with van der Waals surface area (Å²) in [6, 6.07) is 5.89. The van der Waals surface area contributed by atoms with Crippen LogP contribution in [0.1, 0.15) is 63.3 Å². The Morgan fingerprint density at radius 1 is 1.09 bits per heavy atom. The van der Waals surface area contributed by atoms with E-state index in [0.717, 1.165) is 55.4 Å². The number of aryl methyl sites for hydroxylation is 1. The Bertz CT molecular complexity index is 1150. The van der Waals surface area contributed by atoms with E-state index >= 15 is 0 Å². The molecule has 1 atom stereocenters. The van der Waals surface area contributed by atoms with Crippen molar-refractivity contribution in [2.45, 2.75) is 55.9 Å². The van der Waals surface area contributed by atoms with Gasteiger partial charge in [0.2, 0.25) is 10.0 Å². The number of sulfonamides is 1. The van der Waals surface area contributed by atoms with Gasteiger partial charge in [0, 0.05) is 37.7 Å². The lowest BCUT2D eigenvalue weighted by Crippen LogP contribution is -2.34. The third-order valence-electron chi connectivity index (χ3n) is 6.41. The number of ether oxygens (including phenoxy) is 1. The predicted molar refractivity (Wildman–Crippen MR) is 132 cm³/mol. The molecule has 2 amide bonds. The van der Waals surface area contributed by atoms with Gasteiger partial charge in [0.1, 0.15) is 5.00 Å². The van der Waals surface area contributed by atoms with Crippen LogP contribution in [0.5, 0.6) is 0 Å². The number of rotatable bonds is 7. The first-order chi connectivity index (χ1) is 16.3. The standard InChI is InChI=1S/C24H31N3O5S2/c1-25-23(29)21-19-8-4-3-5-9-20(19)33-24(21)26-22(28)16-10-12-18(13-11-16)34(30,31)27(2)15-17-7-6-14-32-17/h10-13,17H,3-9,14-15H2,1-2H3,(H,25,29)(H,26,28). The minimum atomic E-state index is -3.68. The molecule has 2 N–H and O–H groups in total. The van der Waals surface area contributed by atoms with Gasteiger partial charge < -0.3 is 15.4 Å². The molecule has 1 fully saturated rings. The zero-order valence-electron chi connectivity index (χ0n) is 19.6. The van der Waals surface area contributed by atoms with E-state index in [4.69, 9.17) is 4.74 Å². The molecule has 1 aliphatic carbocycles. The summed E-state index contributed by atoms with van der Waals surface area (Å²) in [4.78, 5) is 26.9. The molecule has 1 aromatic heterocycles. The number of anilines is 1. The highest BCUT2D eigenvalue weighted by Crippen LogP contribution is 2.37. The fraction of sp³-hybridized carbons (Fsp3) is 0.500. The van der Waals surface area contributed by atoms with Crippen molar-refractivity contribution in [1.82, 2.24) is 9.62 Å². The van der Waals surface area contributed by atoms with Gasteiger partial charge in [0.15, 0.2) is 0 Å². The van der Waals surface area contributed by atoms with Crippen molar-refractivity contribution >= 4 is 38.2 Å². The van der Waals surface area contributed by atoms with E-state index in [9.17, 15) is 18.0 Å². The van der Waals surface area contributed by atoms with Crippen LogP contribution >= 0.6 is 11.3 Å². The average molecular weight is 506 g/mol. The highest BCUT2D eigenvalue weighted by atomic mass is 32.2. The number of carbonyl (C=O) groups excluding carboxylic acids is 2. The number of likely N-dealkylation sites (N-methyl/N-ethyl adjacent to an activating group) is 1. The van der Waals surface area contributed by atoms with Crippen molar-refractivity contribution in [2.24, 2.45) is 0 Å². The molecule has 4 rings (SSSR count). The SMILES string of the molecule is CNC(=O)c1c(NC(=O)c2ccc(S(=O)(=O)N(C)CC3CCCO3)cc2)sc2c1CCCCC2. The lowest BCUT2D eigenvalue weighted by molar-refractivity contribution is 0.0963. The van der Waals surface area contributed by atoms with Gasteiger partial charge in [-0.3, -0.25) is 9.59 Å². The quantitative estimate of drug-likeness (QED) is 0.561. The van der Waals surface area contributed by atoms with Gasteiger partial charge in [0.25, 0.3) is 11.8 Å². The van der Waals surface area contributed by atoms with Gasteiger partial charge >= 0.3 is 0 Å². The Balaban J connectivity index is 1.51. The average Bonchev–Trinajstić information content (AvgIpc) is 3.40. The second-order valence-corrected chi connectivity index (χ2v) is 11.9. The largest absolute Gasteiger partial charge is 0.377 e. The first kappa shape index (κ1) is 24.8. The van der Waals surface area contributed by atoms with Crippen molar-refractivity contribution in [2.75, 3.05) is 32.6 Å². The topological polar surface area (TPSA) is 105 Å². The normalized spacial score (nSPS) is 18.4. The van der Waals surface area contributed by atoms with Crippen molar-refractivity contribution in [3.63, 3.8) is 0 Å². The van der Waals surface area contributed by atoms with Crippen LogP contribution in [0.2, 0.25) is 0 Å². The number of nitrogens with zero attached hydrogens (tertiary/aromatic N) is 1. The predicted octanol–water partition coefficient (Wildman–Crippen LogP) is 3.43. The summed E-state index contributed by atoms with van der Waals surface area (Å²) in [7, 11) is -0.557. The molecular weight excluding hydrogens is 474 g/mol. The molecule has 184 valence electrons. The van der Waals surface area contributed by atoms with Crippen LogP contribution < -0.4 is 10.6 Å². The first-order valence-electron chi connectivity index (χ1n) is 11.7. The number of hydrogen-bond acceptors (Lipinski definition) is 6. The van der Waals surface area contributed by atoms with E-state index in [1.807, 2.05) is 0 Å². The van der Waals surface area contributed by atoms with Crippen LogP contribution in [0.3, 0.4) is 0 Å². The third kappa shape index (κ3) is 5.19. The maximum Gasteiger partial charge on any atom is 0.256 e. The lowest BCUT2D eigenvalue weighted by Gasteiger charge is -2.20. The number of hydrogen-bond donors (Lipinski definition) is 2. The second-order valence-electron chi connectivity index (χ2n) is 8.75. The number of benzene rings is 1. The van der Waals surface area contributed by atoms with Gasteiger partial charge in [0.05, 0.1) is 16.6 Å². The van der Waals surface area contributed by atoms with E-state index in [0.29, 0.717) is 29.3 Å². The molecule has 2 heterocycles. The lowest BCUT2D eigenvalue weighted by atomic mass is 10.0. The fourth-order valence-corrected chi connectivity index (χ4v) is 6.99.